The van der Waals surface area contributed by atoms with E-state index in [4.69, 9.17) is 37.4 Å². The largest absolute Gasteiger partial charge is 0.493 e. The maximum Gasteiger partial charge on any atom is 0.246 e. The van der Waals surface area contributed by atoms with Crippen molar-refractivity contribution in [1.82, 2.24) is 14.8 Å². The summed E-state index contributed by atoms with van der Waals surface area (Å²) in [6, 6.07) is 28.1. The van der Waals surface area contributed by atoms with E-state index < -0.39 is 0 Å². The molecule has 1 amide bonds. The number of aromatic nitrogens is 1. The molecule has 0 atom stereocenters. The van der Waals surface area contributed by atoms with Crippen molar-refractivity contribution >= 4 is 47.6 Å². The fraction of sp³-hybridized carbons (Fsp3) is 0.238. The van der Waals surface area contributed by atoms with Gasteiger partial charge < -0.3 is 19.1 Å². The van der Waals surface area contributed by atoms with Crippen LogP contribution in [0.3, 0.4) is 0 Å². The van der Waals surface area contributed by atoms with Gasteiger partial charge in [0, 0.05) is 56.3 Å². The molecule has 1 aromatic heterocycles. The summed E-state index contributed by atoms with van der Waals surface area (Å²) in [5, 5.41) is 1.10. The Balaban J connectivity index is 0.00000541. The second kappa shape index (κ2) is 18.9. The molecule has 6 rings (SSSR count). The summed E-state index contributed by atoms with van der Waals surface area (Å²) in [4.78, 5) is 21.6. The highest BCUT2D eigenvalue weighted by atomic mass is 35.5. The molecule has 5 aromatic rings. The summed E-state index contributed by atoms with van der Waals surface area (Å²) >= 11 is 12.6. The van der Waals surface area contributed by atoms with Gasteiger partial charge in [-0.15, -0.1) is 12.4 Å². The molecular weight excluding hydrogens is 736 g/mol. The quantitative estimate of drug-likeness (QED) is 0.111. The smallest absolute Gasteiger partial charge is 0.246 e. The maximum atomic E-state index is 13.8. The number of carbonyl (C=O) groups is 1. The first-order valence-electron chi connectivity index (χ1n) is 17.2. The van der Waals surface area contributed by atoms with Gasteiger partial charge in [-0.2, -0.15) is 0 Å². The van der Waals surface area contributed by atoms with E-state index in [9.17, 15) is 9.18 Å². The summed E-state index contributed by atoms with van der Waals surface area (Å²) in [7, 11) is 0. The van der Waals surface area contributed by atoms with E-state index in [-0.39, 0.29) is 30.7 Å². The Bertz CT molecular complexity index is 1980. The minimum atomic E-state index is -0.263. The van der Waals surface area contributed by atoms with E-state index in [1.165, 1.54) is 17.2 Å². The van der Waals surface area contributed by atoms with E-state index in [2.05, 4.69) is 34.1 Å². The zero-order chi connectivity index (χ0) is 36.5. The molecule has 1 saturated heterocycles. The molecule has 0 radical (unpaired) electrons. The van der Waals surface area contributed by atoms with E-state index in [0.717, 1.165) is 48.5 Å². The van der Waals surface area contributed by atoms with Crippen LogP contribution in [0.5, 0.6) is 23.1 Å². The first-order chi connectivity index (χ1) is 25.2. The van der Waals surface area contributed by atoms with Crippen molar-refractivity contribution in [3.8, 4) is 23.1 Å². The summed E-state index contributed by atoms with van der Waals surface area (Å²) in [5.74, 6) is 1.89. The minimum absolute atomic E-state index is 0. The summed E-state index contributed by atoms with van der Waals surface area (Å²) in [6.45, 7) is 8.23. The SMILES string of the molecule is Cc1cc(/C=C/C(=O)N2CCN(Cc3ccc(CCOc4ccc(Cl)cc4)cc3)CC2)cc(Cl)c1Oc1ccc(OCc2cccc(F)c2C)cn1.Cl. The molecule has 0 N–H and O–H groups in total. The highest BCUT2D eigenvalue weighted by molar-refractivity contribution is 6.32. The van der Waals surface area contributed by atoms with Crippen LogP contribution in [-0.2, 0) is 24.4 Å². The number of aryl methyl sites for hydroxylation is 1. The topological polar surface area (TPSA) is 64.1 Å². The third kappa shape index (κ3) is 11.2. The van der Waals surface area contributed by atoms with Crippen molar-refractivity contribution in [1.29, 1.82) is 0 Å². The van der Waals surface area contributed by atoms with E-state index in [1.54, 1.807) is 49.5 Å². The van der Waals surface area contributed by atoms with Gasteiger partial charge in [-0.25, -0.2) is 9.37 Å². The Hall–Kier alpha value is -4.60. The Kier molecular flexibility index (Phi) is 14.2. The number of rotatable bonds is 13. The fourth-order valence-corrected chi connectivity index (χ4v) is 6.30. The Morgan fingerprint density at radius 3 is 2.28 bits per heavy atom. The van der Waals surface area contributed by atoms with Gasteiger partial charge in [0.2, 0.25) is 11.8 Å². The number of amides is 1. The lowest BCUT2D eigenvalue weighted by Gasteiger charge is -2.34. The molecule has 2 heterocycles. The van der Waals surface area contributed by atoms with Gasteiger partial charge >= 0.3 is 0 Å². The van der Waals surface area contributed by atoms with E-state index >= 15 is 0 Å². The van der Waals surface area contributed by atoms with Crippen molar-refractivity contribution in [2.24, 2.45) is 0 Å². The molecule has 11 heteroatoms. The summed E-state index contributed by atoms with van der Waals surface area (Å²) in [5.41, 5.74) is 5.40. The maximum absolute atomic E-state index is 13.8. The minimum Gasteiger partial charge on any atom is -0.493 e. The number of benzene rings is 4. The van der Waals surface area contributed by atoms with Crippen LogP contribution >= 0.6 is 35.6 Å². The van der Waals surface area contributed by atoms with Crippen LogP contribution in [0, 0.1) is 19.7 Å². The summed E-state index contributed by atoms with van der Waals surface area (Å²) < 4.78 is 31.4. The lowest BCUT2D eigenvalue weighted by Crippen LogP contribution is -2.47. The lowest BCUT2D eigenvalue weighted by molar-refractivity contribution is -0.127. The first-order valence-corrected chi connectivity index (χ1v) is 17.9. The van der Waals surface area contributed by atoms with E-state index in [1.807, 2.05) is 48.2 Å². The van der Waals surface area contributed by atoms with Crippen LogP contribution in [0.15, 0.2) is 103 Å². The molecule has 7 nitrogen and oxygen atoms in total. The predicted octanol–water partition coefficient (Wildman–Crippen LogP) is 9.92. The number of hydrogen-bond acceptors (Lipinski definition) is 6. The van der Waals surface area contributed by atoms with Crippen LogP contribution in [0.2, 0.25) is 10.0 Å². The van der Waals surface area contributed by atoms with E-state index in [0.29, 0.717) is 52.7 Å². The molecule has 0 aliphatic carbocycles. The zero-order valence-electron chi connectivity index (χ0n) is 29.6. The number of carbonyl (C=O) groups excluding carboxylic acids is 1. The van der Waals surface area contributed by atoms with Gasteiger partial charge in [-0.3, -0.25) is 9.69 Å². The average molecular weight is 777 g/mol. The molecule has 0 saturated carbocycles. The highest BCUT2D eigenvalue weighted by Crippen LogP contribution is 2.34. The van der Waals surface area contributed by atoms with Crippen molar-refractivity contribution in [3.63, 3.8) is 0 Å². The Morgan fingerprint density at radius 2 is 1.58 bits per heavy atom. The normalized spacial score (nSPS) is 13.1. The number of hydrogen-bond donors (Lipinski definition) is 0. The van der Waals surface area contributed by atoms with Crippen LogP contribution < -0.4 is 14.2 Å². The standard InChI is InChI=1S/C42H40Cl2FN3O4.ClH/c1-29-24-33(25-38(44)42(29)52-40-16-15-37(26-46-40)51-28-34-4-3-5-39(45)30(34)2)10-17-41(49)48-21-19-47(20-22-48)27-32-8-6-31(7-9-32)18-23-50-36-13-11-35(43)12-14-36;/h3-17,24-26H,18-23,27-28H2,1-2H3;1H/b17-10+;. The molecule has 276 valence electrons. The van der Waals surface area contributed by atoms with Gasteiger partial charge in [0.05, 0.1) is 17.8 Å². The number of halogens is 4. The highest BCUT2D eigenvalue weighted by Gasteiger charge is 2.20. The first kappa shape index (κ1) is 39.6. The van der Waals surface area contributed by atoms with Gasteiger partial charge in [-0.05, 0) is 102 Å². The summed E-state index contributed by atoms with van der Waals surface area (Å²) in [6.07, 6.45) is 5.76. The van der Waals surface area contributed by atoms with Crippen LogP contribution in [0.4, 0.5) is 4.39 Å². The van der Waals surface area contributed by atoms with Crippen molar-refractivity contribution in [2.45, 2.75) is 33.4 Å². The zero-order valence-corrected chi connectivity index (χ0v) is 31.9. The number of piperazine rings is 1. The van der Waals surface area contributed by atoms with Gasteiger partial charge in [0.1, 0.15) is 23.9 Å². The molecule has 1 aliphatic heterocycles. The molecule has 0 bridgehead atoms. The molecule has 0 unspecified atom stereocenters. The molecule has 1 fully saturated rings. The van der Waals surface area contributed by atoms with Crippen molar-refractivity contribution < 1.29 is 23.4 Å². The second-order valence-corrected chi connectivity index (χ2v) is 13.5. The Labute approximate surface area is 326 Å². The third-order valence-corrected chi connectivity index (χ3v) is 9.48. The van der Waals surface area contributed by atoms with Gasteiger partial charge in [0.25, 0.3) is 0 Å². The number of pyridine rings is 1. The molecule has 4 aromatic carbocycles. The Morgan fingerprint density at radius 1 is 0.868 bits per heavy atom. The predicted molar refractivity (Wildman–Crippen MR) is 211 cm³/mol. The van der Waals surface area contributed by atoms with Crippen molar-refractivity contribution in [3.05, 3.63) is 153 Å². The number of ether oxygens (including phenoxy) is 3. The van der Waals surface area contributed by atoms with Crippen LogP contribution in [0.1, 0.15) is 33.4 Å². The van der Waals surface area contributed by atoms with Crippen LogP contribution in [0.25, 0.3) is 6.08 Å². The molecule has 1 aliphatic rings. The van der Waals surface area contributed by atoms with Crippen LogP contribution in [-0.4, -0.2) is 53.5 Å². The average Bonchev–Trinajstić information content (AvgIpc) is 3.15. The number of nitrogens with zero attached hydrogens (tertiary/aromatic N) is 3. The third-order valence-electron chi connectivity index (χ3n) is 8.95. The van der Waals surface area contributed by atoms with Crippen molar-refractivity contribution in [2.75, 3.05) is 32.8 Å². The van der Waals surface area contributed by atoms with Gasteiger partial charge in [-0.1, -0.05) is 59.6 Å². The monoisotopic (exact) mass is 775 g/mol. The molecule has 53 heavy (non-hydrogen) atoms. The second-order valence-electron chi connectivity index (χ2n) is 12.7. The lowest BCUT2D eigenvalue weighted by atomic mass is 10.1. The van der Waals surface area contributed by atoms with Gasteiger partial charge in [0.15, 0.2) is 5.75 Å². The molecule has 0 spiro atoms. The fourth-order valence-electron chi connectivity index (χ4n) is 5.86. The molecular formula is C42H41Cl3FN3O4.